The molecule has 27 heavy (non-hydrogen) atoms. The molecule has 0 atom stereocenters. The molecule has 0 heterocycles. The minimum atomic E-state index is -3.09. The second-order valence-electron chi connectivity index (χ2n) is 6.62. The Labute approximate surface area is 161 Å². The van der Waals surface area contributed by atoms with Gasteiger partial charge in [-0.3, -0.25) is 4.90 Å². The van der Waals surface area contributed by atoms with Crippen molar-refractivity contribution >= 4 is 15.8 Å². The molecule has 0 unspecified atom stereocenters. The van der Waals surface area contributed by atoms with Crippen LogP contribution >= 0.6 is 0 Å². The first kappa shape index (κ1) is 21.1. The van der Waals surface area contributed by atoms with Crippen LogP contribution in [0.15, 0.2) is 48.5 Å². The highest BCUT2D eigenvalue weighted by Crippen LogP contribution is 2.12. The highest BCUT2D eigenvalue weighted by atomic mass is 32.2. The zero-order chi connectivity index (χ0) is 19.9. The summed E-state index contributed by atoms with van der Waals surface area (Å²) < 4.78 is 28.0. The van der Waals surface area contributed by atoms with Crippen molar-refractivity contribution in [2.24, 2.45) is 0 Å². The van der Waals surface area contributed by atoms with E-state index < -0.39 is 15.8 Å². The second-order valence-corrected chi connectivity index (χ2v) is 8.76. The van der Waals surface area contributed by atoms with Crippen LogP contribution in [0.4, 0.5) is 0 Å². The standard InChI is InChI=1S/C21H27NO4S/c1-4-22(5-2)14-17-6-8-18(9-7-17)15-26-21(23)20-12-10-19(11-13-20)16-27(3,24)25/h6-13H,4-5,14-16H2,1-3H3. The first-order valence-corrected chi connectivity index (χ1v) is 11.1. The summed E-state index contributed by atoms with van der Waals surface area (Å²) in [6.45, 7) is 7.43. The fourth-order valence-electron chi connectivity index (χ4n) is 2.72. The van der Waals surface area contributed by atoms with Crippen molar-refractivity contribution in [2.75, 3.05) is 19.3 Å². The lowest BCUT2D eigenvalue weighted by Gasteiger charge is -2.18. The van der Waals surface area contributed by atoms with Gasteiger partial charge in [0.05, 0.1) is 11.3 Å². The van der Waals surface area contributed by atoms with Gasteiger partial charge in [0.25, 0.3) is 0 Å². The maximum Gasteiger partial charge on any atom is 0.338 e. The normalized spacial score (nSPS) is 11.6. The molecule has 0 saturated heterocycles. The molecule has 2 rings (SSSR count). The van der Waals surface area contributed by atoms with Gasteiger partial charge in [-0.05, 0) is 41.9 Å². The van der Waals surface area contributed by atoms with E-state index in [-0.39, 0.29) is 12.4 Å². The van der Waals surface area contributed by atoms with Crippen molar-refractivity contribution in [2.45, 2.75) is 32.8 Å². The summed E-state index contributed by atoms with van der Waals surface area (Å²) in [4.78, 5) is 14.5. The van der Waals surface area contributed by atoms with Gasteiger partial charge in [-0.2, -0.15) is 0 Å². The van der Waals surface area contributed by atoms with Crippen LogP contribution in [0.1, 0.15) is 40.9 Å². The molecule has 0 aliphatic carbocycles. The minimum absolute atomic E-state index is 0.0395. The van der Waals surface area contributed by atoms with E-state index in [1.165, 1.54) is 11.8 Å². The Morgan fingerprint density at radius 1 is 0.889 bits per heavy atom. The molecular weight excluding hydrogens is 362 g/mol. The van der Waals surface area contributed by atoms with Crippen LogP contribution in [0, 0.1) is 0 Å². The first-order valence-electron chi connectivity index (χ1n) is 9.04. The van der Waals surface area contributed by atoms with E-state index in [4.69, 9.17) is 4.74 Å². The lowest BCUT2D eigenvalue weighted by molar-refractivity contribution is 0.0472. The largest absolute Gasteiger partial charge is 0.457 e. The van der Waals surface area contributed by atoms with Crippen LogP contribution in [0.3, 0.4) is 0 Å². The molecule has 0 bridgehead atoms. The zero-order valence-corrected chi connectivity index (χ0v) is 17.0. The Balaban J connectivity index is 1.89. The van der Waals surface area contributed by atoms with Gasteiger partial charge in [0.2, 0.25) is 0 Å². The summed E-state index contributed by atoms with van der Waals surface area (Å²) in [5, 5.41) is 0. The summed E-state index contributed by atoms with van der Waals surface area (Å²) in [6.07, 6.45) is 1.18. The third-order valence-electron chi connectivity index (χ3n) is 4.31. The maximum absolute atomic E-state index is 12.2. The fourth-order valence-corrected chi connectivity index (χ4v) is 3.52. The molecule has 0 saturated carbocycles. The highest BCUT2D eigenvalue weighted by Gasteiger charge is 2.10. The van der Waals surface area contributed by atoms with Crippen LogP contribution in [0.5, 0.6) is 0 Å². The molecule has 2 aromatic carbocycles. The molecule has 0 N–H and O–H groups in total. The SMILES string of the molecule is CCN(CC)Cc1ccc(COC(=O)c2ccc(CS(C)(=O)=O)cc2)cc1. The molecule has 0 aromatic heterocycles. The molecule has 2 aromatic rings. The number of sulfone groups is 1. The van der Waals surface area contributed by atoms with Crippen molar-refractivity contribution in [1.29, 1.82) is 0 Å². The van der Waals surface area contributed by atoms with E-state index in [0.717, 1.165) is 25.2 Å². The van der Waals surface area contributed by atoms with Crippen LogP contribution in [-0.2, 0) is 33.5 Å². The topological polar surface area (TPSA) is 63.7 Å². The Hall–Kier alpha value is -2.18. The van der Waals surface area contributed by atoms with Crippen LogP contribution < -0.4 is 0 Å². The number of hydrogen-bond donors (Lipinski definition) is 0. The molecule has 0 aliphatic heterocycles. The molecule has 6 heteroatoms. The second kappa shape index (κ2) is 9.67. The van der Waals surface area contributed by atoms with Crippen molar-refractivity contribution < 1.29 is 17.9 Å². The molecule has 0 spiro atoms. The van der Waals surface area contributed by atoms with Gasteiger partial charge < -0.3 is 4.74 Å². The molecule has 0 amide bonds. The number of carbonyl (C=O) groups excluding carboxylic acids is 1. The summed E-state index contributed by atoms with van der Waals surface area (Å²) in [5.41, 5.74) is 3.22. The number of esters is 1. The van der Waals surface area contributed by atoms with E-state index in [9.17, 15) is 13.2 Å². The quantitative estimate of drug-likeness (QED) is 0.615. The smallest absolute Gasteiger partial charge is 0.338 e. The molecule has 146 valence electrons. The number of nitrogens with zero attached hydrogens (tertiary/aromatic N) is 1. The molecule has 0 aliphatic rings. The van der Waals surface area contributed by atoms with Gasteiger partial charge in [0, 0.05) is 12.8 Å². The van der Waals surface area contributed by atoms with Crippen molar-refractivity contribution in [3.63, 3.8) is 0 Å². The monoisotopic (exact) mass is 389 g/mol. The fraction of sp³-hybridized carbons (Fsp3) is 0.381. The average Bonchev–Trinajstić information content (AvgIpc) is 2.64. The highest BCUT2D eigenvalue weighted by molar-refractivity contribution is 7.89. The van der Waals surface area contributed by atoms with Crippen LogP contribution in [0.25, 0.3) is 0 Å². The van der Waals surface area contributed by atoms with E-state index in [1.807, 2.05) is 12.1 Å². The Bertz CT molecular complexity index is 839. The number of carbonyl (C=O) groups is 1. The van der Waals surface area contributed by atoms with E-state index >= 15 is 0 Å². The summed E-state index contributed by atoms with van der Waals surface area (Å²) in [5.74, 6) is -0.463. The summed E-state index contributed by atoms with van der Waals surface area (Å²) in [6, 6.07) is 14.5. The lowest BCUT2D eigenvalue weighted by Crippen LogP contribution is -2.22. The number of hydrogen-bond acceptors (Lipinski definition) is 5. The van der Waals surface area contributed by atoms with Crippen LogP contribution in [-0.4, -0.2) is 38.6 Å². The predicted octanol–water partition coefficient (Wildman–Crippen LogP) is 3.43. The number of benzene rings is 2. The lowest BCUT2D eigenvalue weighted by atomic mass is 10.1. The van der Waals surface area contributed by atoms with Crippen molar-refractivity contribution in [3.05, 3.63) is 70.8 Å². The van der Waals surface area contributed by atoms with Gasteiger partial charge in [0.1, 0.15) is 6.61 Å². The Morgan fingerprint density at radius 3 is 1.93 bits per heavy atom. The average molecular weight is 390 g/mol. The van der Waals surface area contributed by atoms with Gasteiger partial charge in [0.15, 0.2) is 9.84 Å². The Morgan fingerprint density at radius 2 is 1.41 bits per heavy atom. The van der Waals surface area contributed by atoms with Gasteiger partial charge in [-0.15, -0.1) is 0 Å². The third-order valence-corrected chi connectivity index (χ3v) is 5.17. The molecular formula is C21H27NO4S. The van der Waals surface area contributed by atoms with Crippen molar-refractivity contribution in [3.8, 4) is 0 Å². The molecule has 0 radical (unpaired) electrons. The number of ether oxygens (including phenoxy) is 1. The molecule has 5 nitrogen and oxygen atoms in total. The minimum Gasteiger partial charge on any atom is -0.457 e. The Kier molecular flexibility index (Phi) is 7.56. The summed E-state index contributed by atoms with van der Waals surface area (Å²) >= 11 is 0. The predicted molar refractivity (Wildman–Crippen MR) is 107 cm³/mol. The van der Waals surface area contributed by atoms with Gasteiger partial charge in [-0.25, -0.2) is 13.2 Å². The maximum atomic E-state index is 12.2. The first-order chi connectivity index (χ1) is 12.8. The van der Waals surface area contributed by atoms with Crippen LogP contribution in [0.2, 0.25) is 0 Å². The third kappa shape index (κ3) is 7.15. The van der Waals surface area contributed by atoms with E-state index in [1.54, 1.807) is 24.3 Å². The molecule has 0 fully saturated rings. The van der Waals surface area contributed by atoms with Crippen molar-refractivity contribution in [1.82, 2.24) is 4.90 Å². The zero-order valence-electron chi connectivity index (χ0n) is 16.1. The number of rotatable bonds is 9. The van der Waals surface area contributed by atoms with Gasteiger partial charge >= 0.3 is 5.97 Å². The summed E-state index contributed by atoms with van der Waals surface area (Å²) in [7, 11) is -3.09. The van der Waals surface area contributed by atoms with E-state index in [2.05, 4.69) is 30.9 Å². The van der Waals surface area contributed by atoms with Gasteiger partial charge in [-0.1, -0.05) is 50.2 Å². The van der Waals surface area contributed by atoms with E-state index in [0.29, 0.717) is 11.1 Å².